The molecule has 0 fully saturated rings. The van der Waals surface area contributed by atoms with Crippen molar-refractivity contribution in [2.45, 2.75) is 0 Å². The summed E-state index contributed by atoms with van der Waals surface area (Å²) >= 11 is 0. The minimum Gasteiger partial charge on any atom is -0.454 e. The first-order valence-corrected chi connectivity index (χ1v) is 6.15. The highest BCUT2D eigenvalue weighted by Crippen LogP contribution is 2.32. The van der Waals surface area contributed by atoms with Gasteiger partial charge in [0.05, 0.1) is 6.54 Å². The molecule has 0 saturated heterocycles. The Morgan fingerprint density at radius 3 is 2.65 bits per heavy atom. The van der Waals surface area contributed by atoms with Gasteiger partial charge in [0.2, 0.25) is 6.79 Å². The van der Waals surface area contributed by atoms with E-state index in [-0.39, 0.29) is 24.9 Å². The summed E-state index contributed by atoms with van der Waals surface area (Å²) in [5, 5.41) is 2.95. The monoisotopic (exact) mass is 273 g/mol. The lowest BCUT2D eigenvalue weighted by atomic mass is 10.1. The van der Waals surface area contributed by atoms with Crippen molar-refractivity contribution in [2.75, 3.05) is 18.7 Å². The summed E-state index contributed by atoms with van der Waals surface area (Å²) in [5.41, 5.74) is 1.24. The molecule has 1 heterocycles. The van der Waals surface area contributed by atoms with E-state index in [1.165, 1.54) is 12.1 Å². The van der Waals surface area contributed by atoms with Crippen molar-refractivity contribution in [2.24, 2.45) is 0 Å². The lowest BCUT2D eigenvalue weighted by Gasteiger charge is -2.06. The third-order valence-electron chi connectivity index (χ3n) is 2.99. The Kier molecular flexibility index (Phi) is 3.25. The summed E-state index contributed by atoms with van der Waals surface area (Å²) in [5.74, 6) is 0.843. The summed E-state index contributed by atoms with van der Waals surface area (Å²) in [7, 11) is 0. The minimum atomic E-state index is -0.308. The van der Waals surface area contributed by atoms with E-state index in [1.807, 2.05) is 0 Å². The molecule has 2 aromatic carbocycles. The molecule has 5 heteroatoms. The molecule has 0 saturated carbocycles. The van der Waals surface area contributed by atoms with Gasteiger partial charge in [0, 0.05) is 11.3 Å². The zero-order valence-corrected chi connectivity index (χ0v) is 10.6. The van der Waals surface area contributed by atoms with Gasteiger partial charge >= 0.3 is 0 Å². The normalized spacial score (nSPS) is 12.2. The number of fused-ring (bicyclic) bond motifs is 1. The predicted octanol–water partition coefficient (Wildman–Crippen LogP) is 2.85. The molecule has 0 atom stereocenters. The van der Waals surface area contributed by atoms with E-state index in [0.29, 0.717) is 22.7 Å². The number of halogens is 1. The number of rotatable bonds is 4. The third-order valence-corrected chi connectivity index (χ3v) is 2.99. The molecule has 4 nitrogen and oxygen atoms in total. The molecule has 0 unspecified atom stereocenters. The van der Waals surface area contributed by atoms with Crippen LogP contribution in [-0.4, -0.2) is 19.1 Å². The van der Waals surface area contributed by atoms with Crippen LogP contribution in [0.3, 0.4) is 0 Å². The molecule has 0 aliphatic carbocycles. The lowest BCUT2D eigenvalue weighted by Crippen LogP contribution is -2.13. The maximum absolute atomic E-state index is 12.8. The van der Waals surface area contributed by atoms with E-state index < -0.39 is 0 Å². The summed E-state index contributed by atoms with van der Waals surface area (Å²) in [6.07, 6.45) is 0. The van der Waals surface area contributed by atoms with Gasteiger partial charge in [-0.3, -0.25) is 4.79 Å². The molecule has 20 heavy (non-hydrogen) atoms. The van der Waals surface area contributed by atoms with Crippen LogP contribution in [0.5, 0.6) is 11.5 Å². The number of hydrogen-bond donors (Lipinski definition) is 1. The molecule has 2 aromatic rings. The van der Waals surface area contributed by atoms with Gasteiger partial charge in [-0.25, -0.2) is 4.39 Å². The number of carbonyl (C=O) groups is 1. The average molecular weight is 273 g/mol. The Morgan fingerprint density at radius 2 is 1.85 bits per heavy atom. The van der Waals surface area contributed by atoms with Gasteiger partial charge in [-0.1, -0.05) is 0 Å². The fraction of sp³-hybridized carbons (Fsp3) is 0.133. The second-order valence-corrected chi connectivity index (χ2v) is 4.35. The van der Waals surface area contributed by atoms with E-state index in [2.05, 4.69) is 5.32 Å². The molecule has 0 aromatic heterocycles. The maximum atomic E-state index is 12.8. The minimum absolute atomic E-state index is 0.0763. The van der Waals surface area contributed by atoms with Crippen molar-refractivity contribution in [3.8, 4) is 11.5 Å². The van der Waals surface area contributed by atoms with Crippen molar-refractivity contribution in [1.82, 2.24) is 0 Å². The van der Waals surface area contributed by atoms with E-state index in [0.717, 1.165) is 0 Å². The van der Waals surface area contributed by atoms with Crippen LogP contribution < -0.4 is 14.8 Å². The zero-order chi connectivity index (χ0) is 13.9. The first-order chi connectivity index (χ1) is 9.72. The standard InChI is InChI=1S/C15H12FNO3/c16-11-2-4-12(5-3-11)17-8-13(18)10-1-6-14-15(7-10)20-9-19-14/h1-7,17H,8-9H2. The highest BCUT2D eigenvalue weighted by Gasteiger charge is 2.15. The molecule has 0 bridgehead atoms. The number of hydrogen-bond acceptors (Lipinski definition) is 4. The van der Waals surface area contributed by atoms with Crippen molar-refractivity contribution < 1.29 is 18.7 Å². The summed E-state index contributed by atoms with van der Waals surface area (Å²) < 4.78 is 23.2. The lowest BCUT2D eigenvalue weighted by molar-refractivity contribution is 0.101. The van der Waals surface area contributed by atoms with Crippen molar-refractivity contribution >= 4 is 11.5 Å². The molecular formula is C15H12FNO3. The van der Waals surface area contributed by atoms with E-state index >= 15 is 0 Å². The Labute approximate surface area is 115 Å². The smallest absolute Gasteiger partial charge is 0.231 e. The predicted molar refractivity (Wildman–Crippen MR) is 71.8 cm³/mol. The Hall–Kier alpha value is -2.56. The van der Waals surface area contributed by atoms with Crippen LogP contribution in [0.15, 0.2) is 42.5 Å². The van der Waals surface area contributed by atoms with Crippen LogP contribution in [0.2, 0.25) is 0 Å². The molecule has 102 valence electrons. The Morgan fingerprint density at radius 1 is 1.10 bits per heavy atom. The van der Waals surface area contributed by atoms with Crippen LogP contribution in [0.1, 0.15) is 10.4 Å². The van der Waals surface area contributed by atoms with Crippen LogP contribution in [0.4, 0.5) is 10.1 Å². The van der Waals surface area contributed by atoms with Gasteiger partial charge < -0.3 is 14.8 Å². The average Bonchev–Trinajstić information content (AvgIpc) is 2.93. The van der Waals surface area contributed by atoms with Gasteiger partial charge in [0.15, 0.2) is 17.3 Å². The van der Waals surface area contributed by atoms with Gasteiger partial charge in [0.1, 0.15) is 5.82 Å². The van der Waals surface area contributed by atoms with Crippen molar-refractivity contribution in [1.29, 1.82) is 0 Å². The second kappa shape index (κ2) is 5.21. The second-order valence-electron chi connectivity index (χ2n) is 4.35. The number of carbonyl (C=O) groups excluding carboxylic acids is 1. The molecule has 0 radical (unpaired) electrons. The maximum Gasteiger partial charge on any atom is 0.231 e. The van der Waals surface area contributed by atoms with Crippen LogP contribution in [0, 0.1) is 5.82 Å². The van der Waals surface area contributed by atoms with Gasteiger partial charge in [-0.15, -0.1) is 0 Å². The van der Waals surface area contributed by atoms with Crippen LogP contribution >= 0.6 is 0 Å². The van der Waals surface area contributed by atoms with Crippen LogP contribution in [-0.2, 0) is 0 Å². The Balaban J connectivity index is 1.66. The largest absolute Gasteiger partial charge is 0.454 e. The SMILES string of the molecule is O=C(CNc1ccc(F)cc1)c1ccc2c(c1)OCO2. The molecule has 1 N–H and O–H groups in total. The number of nitrogens with one attached hydrogen (secondary N) is 1. The fourth-order valence-electron chi connectivity index (χ4n) is 1.92. The van der Waals surface area contributed by atoms with E-state index in [9.17, 15) is 9.18 Å². The van der Waals surface area contributed by atoms with Gasteiger partial charge in [-0.2, -0.15) is 0 Å². The number of anilines is 1. The van der Waals surface area contributed by atoms with Gasteiger partial charge in [0.25, 0.3) is 0 Å². The first kappa shape index (κ1) is 12.5. The quantitative estimate of drug-likeness (QED) is 0.870. The number of ketones is 1. The fourth-order valence-corrected chi connectivity index (χ4v) is 1.92. The van der Waals surface area contributed by atoms with Crippen molar-refractivity contribution in [3.05, 3.63) is 53.8 Å². The molecule has 1 aliphatic heterocycles. The number of Topliss-reactive ketones (excluding diaryl/α,β-unsaturated/α-hetero) is 1. The summed E-state index contributed by atoms with van der Waals surface area (Å²) in [6.45, 7) is 0.312. The number of benzene rings is 2. The molecule has 0 amide bonds. The third kappa shape index (κ3) is 2.56. The Bertz CT molecular complexity index is 640. The molecule has 0 spiro atoms. The highest BCUT2D eigenvalue weighted by molar-refractivity contribution is 5.99. The van der Waals surface area contributed by atoms with Crippen LogP contribution in [0.25, 0.3) is 0 Å². The molecular weight excluding hydrogens is 261 g/mol. The van der Waals surface area contributed by atoms with Crippen molar-refractivity contribution in [3.63, 3.8) is 0 Å². The highest BCUT2D eigenvalue weighted by atomic mass is 19.1. The molecule has 3 rings (SSSR count). The van der Waals surface area contributed by atoms with Gasteiger partial charge in [-0.05, 0) is 42.5 Å². The summed E-state index contributed by atoms with van der Waals surface area (Å²) in [6, 6.07) is 10.9. The van der Waals surface area contributed by atoms with E-state index in [4.69, 9.17) is 9.47 Å². The first-order valence-electron chi connectivity index (χ1n) is 6.15. The number of ether oxygens (including phenoxy) is 2. The zero-order valence-electron chi connectivity index (χ0n) is 10.6. The topological polar surface area (TPSA) is 47.6 Å². The van der Waals surface area contributed by atoms with E-state index in [1.54, 1.807) is 30.3 Å². The summed E-state index contributed by atoms with van der Waals surface area (Å²) in [4.78, 5) is 12.1. The molecule has 1 aliphatic rings.